The second-order valence-electron chi connectivity index (χ2n) is 5.51. The molecule has 0 aliphatic carbocycles. The summed E-state index contributed by atoms with van der Waals surface area (Å²) in [5.74, 6) is 0.00958. The van der Waals surface area contributed by atoms with Gasteiger partial charge in [0.25, 0.3) is 5.91 Å². The zero-order chi connectivity index (χ0) is 15.7. The minimum absolute atomic E-state index is 0.0819. The van der Waals surface area contributed by atoms with Gasteiger partial charge in [0.15, 0.2) is 0 Å². The highest BCUT2D eigenvalue weighted by Gasteiger charge is 2.39. The van der Waals surface area contributed by atoms with Crippen molar-refractivity contribution in [2.45, 2.75) is 25.7 Å². The number of hydrazine groups is 1. The number of nitrogen functional groups attached to an aromatic ring is 1. The molecule has 0 bridgehead atoms. The number of benzene rings is 1. The van der Waals surface area contributed by atoms with Crippen LogP contribution in [0, 0.1) is 0 Å². The largest absolute Gasteiger partial charge is 0.397 e. The molecule has 1 aromatic heterocycles. The molecule has 2 aromatic rings. The van der Waals surface area contributed by atoms with Crippen molar-refractivity contribution in [1.29, 1.82) is 0 Å². The lowest BCUT2D eigenvalue weighted by Gasteiger charge is -2.31. The predicted octanol–water partition coefficient (Wildman–Crippen LogP) is 2.95. The Labute approximate surface area is 130 Å². The molecule has 0 spiro atoms. The molecule has 2 N–H and O–H groups in total. The van der Waals surface area contributed by atoms with Crippen LogP contribution in [0.5, 0.6) is 0 Å². The first-order valence-corrected chi connectivity index (χ1v) is 7.51. The van der Waals surface area contributed by atoms with Crippen molar-refractivity contribution < 1.29 is 4.79 Å². The van der Waals surface area contributed by atoms with E-state index in [1.807, 2.05) is 31.3 Å². The topological polar surface area (TPSA) is 62.5 Å². The van der Waals surface area contributed by atoms with E-state index in [-0.39, 0.29) is 11.8 Å². The number of fused-ring (bicyclic) bond motifs is 1. The Morgan fingerprint density at radius 1 is 1.32 bits per heavy atom. The minimum Gasteiger partial charge on any atom is -0.397 e. The summed E-state index contributed by atoms with van der Waals surface area (Å²) in [6, 6.07) is 9.69. The zero-order valence-electron chi connectivity index (χ0n) is 12.9. The van der Waals surface area contributed by atoms with E-state index in [2.05, 4.69) is 11.9 Å². The Balaban J connectivity index is 2.04. The van der Waals surface area contributed by atoms with E-state index >= 15 is 0 Å². The number of hydrogen-bond acceptors (Lipinski definition) is 4. The molecule has 2 heterocycles. The molecule has 3 rings (SSSR count). The third-order valence-corrected chi connectivity index (χ3v) is 4.11. The number of nitrogens with zero attached hydrogens (tertiary/aromatic N) is 3. The Morgan fingerprint density at radius 2 is 2.09 bits per heavy atom. The van der Waals surface area contributed by atoms with Gasteiger partial charge in [-0.15, -0.1) is 0 Å². The fourth-order valence-corrected chi connectivity index (χ4v) is 3.03. The van der Waals surface area contributed by atoms with E-state index in [0.29, 0.717) is 5.69 Å². The molecule has 114 valence electrons. The molecule has 1 atom stereocenters. The standard InChI is InChI=1S/C17H20N4O/c1-3-6-13-12-7-4-5-8-15(12)21(17(13)22)20(2)16-11-19-10-9-14(16)18/h4-5,7-11,13H,3,6H2,1-2H3,(H2,18,19). The van der Waals surface area contributed by atoms with Gasteiger partial charge in [-0.3, -0.25) is 14.8 Å². The van der Waals surface area contributed by atoms with Crippen LogP contribution in [0.4, 0.5) is 17.1 Å². The summed E-state index contributed by atoms with van der Waals surface area (Å²) in [7, 11) is 1.84. The van der Waals surface area contributed by atoms with E-state index in [0.717, 1.165) is 29.8 Å². The third kappa shape index (κ3) is 2.19. The van der Waals surface area contributed by atoms with Crippen molar-refractivity contribution in [2.24, 2.45) is 0 Å². The van der Waals surface area contributed by atoms with Gasteiger partial charge in [0.2, 0.25) is 0 Å². The summed E-state index contributed by atoms with van der Waals surface area (Å²) in [6.45, 7) is 2.10. The predicted molar refractivity (Wildman–Crippen MR) is 88.6 cm³/mol. The average Bonchev–Trinajstić information content (AvgIpc) is 2.80. The van der Waals surface area contributed by atoms with Gasteiger partial charge in [-0.1, -0.05) is 31.5 Å². The highest BCUT2D eigenvalue weighted by atomic mass is 16.2. The average molecular weight is 296 g/mol. The van der Waals surface area contributed by atoms with Crippen molar-refractivity contribution in [2.75, 3.05) is 22.8 Å². The van der Waals surface area contributed by atoms with Crippen LogP contribution >= 0.6 is 0 Å². The van der Waals surface area contributed by atoms with Gasteiger partial charge in [0.05, 0.1) is 29.2 Å². The van der Waals surface area contributed by atoms with Crippen molar-refractivity contribution in [3.63, 3.8) is 0 Å². The van der Waals surface area contributed by atoms with Gasteiger partial charge in [-0.25, -0.2) is 5.01 Å². The van der Waals surface area contributed by atoms with Gasteiger partial charge in [0.1, 0.15) is 0 Å². The van der Waals surface area contributed by atoms with Crippen LogP contribution in [-0.2, 0) is 4.79 Å². The number of carbonyl (C=O) groups is 1. The molecule has 0 saturated carbocycles. The van der Waals surface area contributed by atoms with Crippen LogP contribution < -0.4 is 15.8 Å². The van der Waals surface area contributed by atoms with Gasteiger partial charge in [0, 0.05) is 13.2 Å². The van der Waals surface area contributed by atoms with Crippen molar-refractivity contribution in [1.82, 2.24) is 4.98 Å². The van der Waals surface area contributed by atoms with E-state index in [4.69, 9.17) is 5.73 Å². The Bertz CT molecular complexity index is 701. The molecule has 1 amide bonds. The summed E-state index contributed by atoms with van der Waals surface area (Å²) >= 11 is 0. The Kier molecular flexibility index (Phi) is 3.71. The summed E-state index contributed by atoms with van der Waals surface area (Å²) in [5.41, 5.74) is 9.37. The number of anilines is 3. The normalized spacial score (nSPS) is 16.7. The molecule has 0 radical (unpaired) electrons. The monoisotopic (exact) mass is 296 g/mol. The fraction of sp³-hybridized carbons (Fsp3) is 0.294. The number of para-hydroxylation sites is 1. The first-order chi connectivity index (χ1) is 10.6. The maximum atomic E-state index is 12.9. The number of hydrogen-bond donors (Lipinski definition) is 1. The van der Waals surface area contributed by atoms with Crippen LogP contribution in [0.3, 0.4) is 0 Å². The fourth-order valence-electron chi connectivity index (χ4n) is 3.03. The van der Waals surface area contributed by atoms with Crippen LogP contribution in [0.2, 0.25) is 0 Å². The van der Waals surface area contributed by atoms with Gasteiger partial charge >= 0.3 is 0 Å². The molecule has 1 unspecified atom stereocenters. The minimum atomic E-state index is -0.0819. The first-order valence-electron chi connectivity index (χ1n) is 7.51. The number of aromatic nitrogens is 1. The summed E-state index contributed by atoms with van der Waals surface area (Å²) < 4.78 is 0. The third-order valence-electron chi connectivity index (χ3n) is 4.11. The van der Waals surface area contributed by atoms with Crippen LogP contribution in [-0.4, -0.2) is 17.9 Å². The quantitative estimate of drug-likeness (QED) is 0.942. The van der Waals surface area contributed by atoms with E-state index in [9.17, 15) is 4.79 Å². The van der Waals surface area contributed by atoms with Gasteiger partial charge in [-0.05, 0) is 24.1 Å². The molecule has 1 aliphatic rings. The van der Waals surface area contributed by atoms with Crippen molar-refractivity contribution in [3.05, 3.63) is 48.3 Å². The zero-order valence-corrected chi connectivity index (χ0v) is 12.9. The molecule has 0 saturated heterocycles. The molecule has 1 aliphatic heterocycles. The second-order valence-corrected chi connectivity index (χ2v) is 5.51. The van der Waals surface area contributed by atoms with Gasteiger partial charge < -0.3 is 5.73 Å². The Morgan fingerprint density at radius 3 is 2.82 bits per heavy atom. The number of carbonyl (C=O) groups excluding carboxylic acids is 1. The molecule has 0 fully saturated rings. The summed E-state index contributed by atoms with van der Waals surface area (Å²) in [4.78, 5) is 17.0. The highest BCUT2D eigenvalue weighted by molar-refractivity contribution is 6.06. The van der Waals surface area contributed by atoms with E-state index in [1.165, 1.54) is 0 Å². The maximum Gasteiger partial charge on any atom is 0.253 e. The molecule has 22 heavy (non-hydrogen) atoms. The van der Waals surface area contributed by atoms with Crippen LogP contribution in [0.15, 0.2) is 42.7 Å². The van der Waals surface area contributed by atoms with Crippen molar-refractivity contribution >= 4 is 23.0 Å². The first kappa shape index (κ1) is 14.4. The van der Waals surface area contributed by atoms with Crippen LogP contribution in [0.25, 0.3) is 0 Å². The second kappa shape index (κ2) is 5.67. The smallest absolute Gasteiger partial charge is 0.253 e. The molecule has 5 nitrogen and oxygen atoms in total. The number of nitrogens with two attached hydrogens (primary N) is 1. The van der Waals surface area contributed by atoms with Crippen LogP contribution in [0.1, 0.15) is 31.2 Å². The number of pyridine rings is 1. The van der Waals surface area contributed by atoms with Crippen molar-refractivity contribution in [3.8, 4) is 0 Å². The molecule has 5 heteroatoms. The summed E-state index contributed by atoms with van der Waals surface area (Å²) in [5, 5.41) is 3.50. The summed E-state index contributed by atoms with van der Waals surface area (Å²) in [6.07, 6.45) is 5.14. The number of rotatable bonds is 4. The lowest BCUT2D eigenvalue weighted by molar-refractivity contribution is -0.119. The lowest BCUT2D eigenvalue weighted by Crippen LogP contribution is -2.43. The maximum absolute atomic E-state index is 12.9. The van der Waals surface area contributed by atoms with Gasteiger partial charge in [-0.2, -0.15) is 0 Å². The molecule has 1 aromatic carbocycles. The Hall–Kier alpha value is -2.56. The lowest BCUT2D eigenvalue weighted by atomic mass is 9.96. The van der Waals surface area contributed by atoms with E-state index in [1.54, 1.807) is 28.5 Å². The SMILES string of the molecule is CCCC1C(=O)N(N(C)c2cnccc2N)c2ccccc21. The molecular formula is C17H20N4O. The molecular weight excluding hydrogens is 276 g/mol. The highest BCUT2D eigenvalue weighted by Crippen LogP contribution is 2.41. The van der Waals surface area contributed by atoms with E-state index < -0.39 is 0 Å². The number of amides is 1.